The quantitative estimate of drug-likeness (QED) is 0.468. The van der Waals surface area contributed by atoms with E-state index in [1.807, 2.05) is 0 Å². The third-order valence-electron chi connectivity index (χ3n) is 3.40. The van der Waals surface area contributed by atoms with Crippen LogP contribution in [0.25, 0.3) is 0 Å². The molecule has 0 aromatic carbocycles. The fourth-order valence-electron chi connectivity index (χ4n) is 2.43. The van der Waals surface area contributed by atoms with E-state index in [2.05, 4.69) is 39.2 Å². The second-order valence-electron chi connectivity index (χ2n) is 3.75. The highest BCUT2D eigenvalue weighted by Gasteiger charge is 2.31. The van der Waals surface area contributed by atoms with Crippen molar-refractivity contribution in [2.75, 3.05) is 0 Å². The topological polar surface area (TPSA) is 0 Å². The van der Waals surface area contributed by atoms with Crippen molar-refractivity contribution in [2.45, 2.75) is 53.4 Å². The van der Waals surface area contributed by atoms with Crippen LogP contribution in [0.3, 0.4) is 0 Å². The molecule has 0 N–H and O–H groups in total. The van der Waals surface area contributed by atoms with Crippen molar-refractivity contribution in [1.82, 2.24) is 0 Å². The van der Waals surface area contributed by atoms with Gasteiger partial charge in [0.25, 0.3) is 0 Å². The highest BCUT2D eigenvalue weighted by Crippen LogP contribution is 2.38. The molecule has 0 unspecified atom stereocenters. The van der Waals surface area contributed by atoms with Gasteiger partial charge in [0.05, 0.1) is 10.2 Å². The van der Waals surface area contributed by atoms with Crippen LogP contribution in [0.1, 0.15) is 53.4 Å². The van der Waals surface area contributed by atoms with E-state index in [1.165, 1.54) is 25.7 Å². The minimum Gasteiger partial charge on any atom is -0.143 e. The molecule has 0 aromatic rings. The highest BCUT2D eigenvalue weighted by molar-refractivity contribution is 6.22. The van der Waals surface area contributed by atoms with Gasteiger partial charge in [-0.15, -0.1) is 11.5 Å². The van der Waals surface area contributed by atoms with Gasteiger partial charge in [-0.25, -0.2) is 0 Å². The van der Waals surface area contributed by atoms with Gasteiger partial charge in [0, 0.05) is 5.41 Å². The molecule has 0 heterocycles. The van der Waals surface area contributed by atoms with Crippen molar-refractivity contribution >= 4 is 10.2 Å². The lowest BCUT2D eigenvalue weighted by Crippen LogP contribution is -2.27. The molecular weight excluding hydrogens is 172 g/mol. The van der Waals surface area contributed by atoms with Crippen molar-refractivity contribution in [3.8, 4) is 11.5 Å². The molecule has 0 aliphatic heterocycles. The number of hydrogen-bond acceptors (Lipinski definition) is 0. The van der Waals surface area contributed by atoms with Crippen LogP contribution in [0.4, 0.5) is 0 Å². The molecule has 13 heavy (non-hydrogen) atoms. The Morgan fingerprint density at radius 1 is 1.08 bits per heavy atom. The molecule has 0 aliphatic carbocycles. The maximum atomic E-state index is 3.51. The van der Waals surface area contributed by atoms with Crippen molar-refractivity contribution in [1.29, 1.82) is 0 Å². The lowest BCUT2D eigenvalue weighted by atomic mass is 9.70. The zero-order valence-electron chi connectivity index (χ0n) is 9.91. The molecule has 1 heteroatoms. The highest BCUT2D eigenvalue weighted by atomic mass is 28.1. The Balaban J connectivity index is 4.78. The van der Waals surface area contributed by atoms with Gasteiger partial charge >= 0.3 is 0 Å². The summed E-state index contributed by atoms with van der Waals surface area (Å²) in [5.74, 6) is 4.30. The van der Waals surface area contributed by atoms with E-state index in [0.29, 0.717) is 5.41 Å². The Bertz CT molecular complexity index is 177. The predicted octanol–water partition coefficient (Wildman–Crippen LogP) is 2.56. The van der Waals surface area contributed by atoms with Gasteiger partial charge in [-0.3, -0.25) is 0 Å². The number of hydrogen-bond donors (Lipinski definition) is 0. The van der Waals surface area contributed by atoms with Gasteiger partial charge in [-0.2, -0.15) is 0 Å². The summed E-state index contributed by atoms with van der Waals surface area (Å²) in [6, 6.07) is 0. The van der Waals surface area contributed by atoms with E-state index in [0.717, 1.165) is 16.2 Å². The summed E-state index contributed by atoms with van der Waals surface area (Å²) in [4.78, 5) is 0. The fourth-order valence-corrected chi connectivity index (χ4v) is 2.92. The summed E-state index contributed by atoms with van der Waals surface area (Å²) in [6.07, 6.45) is 4.97. The summed E-state index contributed by atoms with van der Waals surface area (Å²) in [5, 5.41) is 0. The molecule has 0 nitrogen and oxygen atoms in total. The minimum absolute atomic E-state index is 0.325. The van der Waals surface area contributed by atoms with Crippen LogP contribution < -0.4 is 0 Å². The molecule has 0 radical (unpaired) electrons. The van der Waals surface area contributed by atoms with Gasteiger partial charge in [0.15, 0.2) is 0 Å². The lowest BCUT2D eigenvalue weighted by Gasteiger charge is -2.34. The fraction of sp³-hybridized carbons (Fsp3) is 0.833. The molecular formula is C12H24Si. The zero-order valence-corrected chi connectivity index (χ0v) is 11.9. The Hall–Kier alpha value is -0.223. The molecule has 0 bridgehead atoms. The van der Waals surface area contributed by atoms with Gasteiger partial charge < -0.3 is 0 Å². The van der Waals surface area contributed by atoms with Crippen LogP contribution in [0, 0.1) is 22.8 Å². The van der Waals surface area contributed by atoms with Crippen molar-refractivity contribution in [3.05, 3.63) is 0 Å². The maximum Gasteiger partial charge on any atom is 0.0906 e. The second-order valence-corrected chi connectivity index (χ2v) is 4.25. The average molecular weight is 196 g/mol. The molecule has 0 saturated carbocycles. The summed E-state index contributed by atoms with van der Waals surface area (Å²) >= 11 is 0. The Morgan fingerprint density at radius 3 is 1.77 bits per heavy atom. The third-order valence-corrected chi connectivity index (χ3v) is 3.65. The van der Waals surface area contributed by atoms with E-state index >= 15 is 0 Å². The first-order chi connectivity index (χ1) is 6.20. The number of rotatable bonds is 5. The van der Waals surface area contributed by atoms with E-state index < -0.39 is 0 Å². The van der Waals surface area contributed by atoms with Crippen molar-refractivity contribution in [3.63, 3.8) is 0 Å². The van der Waals surface area contributed by atoms with Crippen LogP contribution >= 0.6 is 0 Å². The summed E-state index contributed by atoms with van der Waals surface area (Å²) in [5.41, 5.74) is 3.57. The monoisotopic (exact) mass is 196 g/mol. The minimum atomic E-state index is 0.325. The normalized spacial score (nSPS) is 11.5. The van der Waals surface area contributed by atoms with E-state index in [1.54, 1.807) is 0 Å². The standard InChI is InChI=1S/C12H24Si/c1-5-11(6-2)12(7-3,8-4)9-10-13/h11H,5-8H2,1-4,13H3. The Morgan fingerprint density at radius 2 is 1.54 bits per heavy atom. The maximum absolute atomic E-state index is 3.51. The van der Waals surface area contributed by atoms with Crippen molar-refractivity contribution < 1.29 is 0 Å². The molecule has 0 amide bonds. The molecule has 0 fully saturated rings. The summed E-state index contributed by atoms with van der Waals surface area (Å²) in [6.45, 7) is 9.16. The van der Waals surface area contributed by atoms with Crippen LogP contribution in [0.2, 0.25) is 0 Å². The lowest BCUT2D eigenvalue weighted by molar-refractivity contribution is 0.209. The van der Waals surface area contributed by atoms with Gasteiger partial charge in [0.1, 0.15) is 0 Å². The molecule has 76 valence electrons. The second kappa shape index (κ2) is 6.26. The van der Waals surface area contributed by atoms with Crippen LogP contribution in [0.5, 0.6) is 0 Å². The summed E-state index contributed by atoms with van der Waals surface area (Å²) < 4.78 is 0. The van der Waals surface area contributed by atoms with Crippen LogP contribution in [-0.4, -0.2) is 10.2 Å². The van der Waals surface area contributed by atoms with Crippen molar-refractivity contribution in [2.24, 2.45) is 11.3 Å². The molecule has 0 atom stereocenters. The first-order valence-corrected chi connectivity index (χ1v) is 6.64. The first-order valence-electron chi connectivity index (χ1n) is 5.64. The first kappa shape index (κ1) is 12.8. The summed E-state index contributed by atoms with van der Waals surface area (Å²) in [7, 11) is 1.02. The van der Waals surface area contributed by atoms with Gasteiger partial charge in [-0.05, 0) is 18.8 Å². The van der Waals surface area contributed by atoms with Gasteiger partial charge in [-0.1, -0.05) is 40.5 Å². The molecule has 0 aliphatic rings. The smallest absolute Gasteiger partial charge is 0.0906 e. The van der Waals surface area contributed by atoms with Gasteiger partial charge in [0.2, 0.25) is 0 Å². The third kappa shape index (κ3) is 2.88. The molecule has 0 saturated heterocycles. The van der Waals surface area contributed by atoms with E-state index in [9.17, 15) is 0 Å². The van der Waals surface area contributed by atoms with Crippen LogP contribution in [-0.2, 0) is 0 Å². The Kier molecular flexibility index (Phi) is 6.16. The SMILES string of the molecule is CCC(CC)C(C#C[SiH3])(CC)CC. The predicted molar refractivity (Wildman–Crippen MR) is 64.8 cm³/mol. The van der Waals surface area contributed by atoms with E-state index in [-0.39, 0.29) is 0 Å². The molecule has 0 aromatic heterocycles. The van der Waals surface area contributed by atoms with E-state index in [4.69, 9.17) is 0 Å². The zero-order chi connectivity index (χ0) is 10.3. The molecule has 0 rings (SSSR count). The van der Waals surface area contributed by atoms with Crippen LogP contribution in [0.15, 0.2) is 0 Å². The Labute approximate surface area is 86.9 Å². The molecule has 0 spiro atoms. The largest absolute Gasteiger partial charge is 0.143 e. The average Bonchev–Trinajstić information content (AvgIpc) is 2.18.